The Kier molecular flexibility index (Phi) is 7.68. The number of benzene rings is 8. The van der Waals surface area contributed by atoms with Crippen molar-refractivity contribution in [3.8, 4) is 61.8 Å². The third kappa shape index (κ3) is 5.50. The van der Waals surface area contributed by atoms with Gasteiger partial charge in [-0.05, 0) is 58.7 Å². The second-order valence-corrected chi connectivity index (χ2v) is 15.2. The molecule has 0 unspecified atom stereocenters. The van der Waals surface area contributed by atoms with Gasteiger partial charge in [-0.2, -0.15) is 0 Å². The van der Waals surface area contributed by atoms with Gasteiger partial charge < -0.3 is 4.57 Å². The maximum atomic E-state index is 5.14. The molecule has 0 radical (unpaired) electrons. The number of thiophene rings is 1. The summed E-state index contributed by atoms with van der Waals surface area (Å²) in [5.41, 5.74) is 13.4. The summed E-state index contributed by atoms with van der Waals surface area (Å²) in [5.74, 6) is 0.720. The fourth-order valence-corrected chi connectivity index (χ4v) is 9.33. The largest absolute Gasteiger partial charge is 0.308 e. The highest BCUT2D eigenvalue weighted by molar-refractivity contribution is 7.26. The zero-order chi connectivity index (χ0) is 37.0. The number of aromatic nitrogens is 3. The molecule has 0 aliphatic heterocycles. The monoisotopic (exact) mass is 731 g/mol. The van der Waals surface area contributed by atoms with Crippen molar-refractivity contribution >= 4 is 53.3 Å². The Bertz CT molecular complexity index is 3160. The van der Waals surface area contributed by atoms with Crippen molar-refractivity contribution in [1.29, 1.82) is 0 Å². The van der Waals surface area contributed by atoms with Gasteiger partial charge in [-0.1, -0.05) is 164 Å². The quantitative estimate of drug-likeness (QED) is 0.170. The summed E-state index contributed by atoms with van der Waals surface area (Å²) in [7, 11) is 0. The SMILES string of the molecule is c1ccc(-c2ccc3c(c2)c2ccc(-c4ccccc4)cc2n3-c2cccc3c2sc2cc(-c4cc(-c5ccccc5)nc(-c5ccccc5)n4)ccc23)cc1. The Morgan fingerprint density at radius 1 is 0.339 bits per heavy atom. The molecule has 0 spiro atoms. The van der Waals surface area contributed by atoms with E-state index in [-0.39, 0.29) is 0 Å². The van der Waals surface area contributed by atoms with Crippen LogP contribution in [-0.2, 0) is 0 Å². The van der Waals surface area contributed by atoms with Crippen LogP contribution in [0.1, 0.15) is 0 Å². The van der Waals surface area contributed by atoms with Crippen molar-refractivity contribution in [3.63, 3.8) is 0 Å². The van der Waals surface area contributed by atoms with E-state index in [2.05, 4.69) is 180 Å². The lowest BCUT2D eigenvalue weighted by Gasteiger charge is -2.11. The second-order valence-electron chi connectivity index (χ2n) is 14.2. The lowest BCUT2D eigenvalue weighted by molar-refractivity contribution is 1.18. The molecule has 11 aromatic rings. The Balaban J connectivity index is 1.11. The van der Waals surface area contributed by atoms with E-state index in [0.29, 0.717) is 0 Å². The molecule has 56 heavy (non-hydrogen) atoms. The number of hydrogen-bond donors (Lipinski definition) is 0. The molecule has 0 saturated heterocycles. The van der Waals surface area contributed by atoms with Crippen molar-refractivity contribution in [1.82, 2.24) is 14.5 Å². The van der Waals surface area contributed by atoms with E-state index in [4.69, 9.17) is 9.97 Å². The lowest BCUT2D eigenvalue weighted by atomic mass is 10.0. The first kappa shape index (κ1) is 32.3. The highest BCUT2D eigenvalue weighted by Crippen LogP contribution is 2.43. The highest BCUT2D eigenvalue weighted by atomic mass is 32.1. The fourth-order valence-electron chi connectivity index (χ4n) is 8.09. The van der Waals surface area contributed by atoms with E-state index in [1.165, 1.54) is 69.9 Å². The van der Waals surface area contributed by atoms with E-state index in [1.54, 1.807) is 0 Å². The standard InChI is InChI=1S/C52H33N3S/c1-5-14-34(15-6-1)38-26-29-47-44(30-38)41-27-24-39(35-16-7-2-8-17-35)31-49(41)55(47)48-23-13-22-43-42-28-25-40(32-50(42)56-51(43)48)46-33-45(36-18-9-3-10-19-36)53-52(54-46)37-20-11-4-12-21-37/h1-33H. The van der Waals surface area contributed by atoms with Gasteiger partial charge in [0, 0.05) is 42.9 Å². The molecular formula is C52H33N3S. The predicted molar refractivity (Wildman–Crippen MR) is 236 cm³/mol. The molecule has 0 bridgehead atoms. The van der Waals surface area contributed by atoms with Crippen molar-refractivity contribution in [2.75, 3.05) is 0 Å². The topological polar surface area (TPSA) is 30.7 Å². The maximum absolute atomic E-state index is 5.14. The zero-order valence-electron chi connectivity index (χ0n) is 30.3. The predicted octanol–water partition coefficient (Wildman–Crippen LogP) is 14.3. The van der Waals surface area contributed by atoms with Crippen LogP contribution >= 0.6 is 11.3 Å². The van der Waals surface area contributed by atoms with Gasteiger partial charge in [0.05, 0.1) is 32.8 Å². The van der Waals surface area contributed by atoms with Gasteiger partial charge in [0.15, 0.2) is 5.82 Å². The van der Waals surface area contributed by atoms with Crippen molar-refractivity contribution < 1.29 is 0 Å². The van der Waals surface area contributed by atoms with Gasteiger partial charge in [-0.25, -0.2) is 9.97 Å². The molecule has 4 heteroatoms. The minimum atomic E-state index is 0.720. The molecular weight excluding hydrogens is 699 g/mol. The van der Waals surface area contributed by atoms with Crippen LogP contribution in [0, 0.1) is 0 Å². The lowest BCUT2D eigenvalue weighted by Crippen LogP contribution is -1.95. The van der Waals surface area contributed by atoms with Crippen LogP contribution in [0.3, 0.4) is 0 Å². The summed E-state index contributed by atoms with van der Waals surface area (Å²) in [6.45, 7) is 0. The van der Waals surface area contributed by atoms with E-state index in [0.717, 1.165) is 33.9 Å². The molecule has 0 fully saturated rings. The third-order valence-electron chi connectivity index (χ3n) is 10.8. The number of hydrogen-bond acceptors (Lipinski definition) is 3. The summed E-state index contributed by atoms with van der Waals surface area (Å²) in [6.07, 6.45) is 0. The van der Waals surface area contributed by atoms with Gasteiger partial charge in [-0.3, -0.25) is 0 Å². The third-order valence-corrected chi connectivity index (χ3v) is 12.0. The summed E-state index contributed by atoms with van der Waals surface area (Å²) < 4.78 is 4.96. The number of nitrogens with zero attached hydrogens (tertiary/aromatic N) is 3. The summed E-state index contributed by atoms with van der Waals surface area (Å²) in [4.78, 5) is 10.2. The number of fused-ring (bicyclic) bond motifs is 6. The molecule has 8 aromatic carbocycles. The van der Waals surface area contributed by atoms with Crippen molar-refractivity contribution in [3.05, 3.63) is 200 Å². The maximum Gasteiger partial charge on any atom is 0.160 e. The van der Waals surface area contributed by atoms with Crippen LogP contribution in [0.25, 0.3) is 104 Å². The molecule has 0 aliphatic carbocycles. The molecule has 0 saturated carbocycles. The van der Waals surface area contributed by atoms with Crippen LogP contribution in [0.5, 0.6) is 0 Å². The first-order chi connectivity index (χ1) is 27.7. The van der Waals surface area contributed by atoms with Gasteiger partial charge in [0.2, 0.25) is 0 Å². The summed E-state index contributed by atoms with van der Waals surface area (Å²) in [6, 6.07) is 71.5. The molecule has 11 rings (SSSR count). The van der Waals surface area contributed by atoms with Crippen LogP contribution in [-0.4, -0.2) is 14.5 Å². The van der Waals surface area contributed by atoms with Crippen molar-refractivity contribution in [2.45, 2.75) is 0 Å². The molecule has 0 amide bonds. The van der Waals surface area contributed by atoms with Crippen LogP contribution in [0.15, 0.2) is 200 Å². The average Bonchev–Trinajstić information content (AvgIpc) is 3.82. The van der Waals surface area contributed by atoms with Crippen LogP contribution < -0.4 is 0 Å². The Morgan fingerprint density at radius 3 is 1.61 bits per heavy atom. The summed E-state index contributed by atoms with van der Waals surface area (Å²) in [5, 5.41) is 4.98. The minimum Gasteiger partial charge on any atom is -0.308 e. The van der Waals surface area contributed by atoms with E-state index >= 15 is 0 Å². The van der Waals surface area contributed by atoms with Gasteiger partial charge in [0.1, 0.15) is 0 Å². The minimum absolute atomic E-state index is 0.720. The first-order valence-corrected chi connectivity index (χ1v) is 19.7. The van der Waals surface area contributed by atoms with Gasteiger partial charge in [-0.15, -0.1) is 11.3 Å². The zero-order valence-corrected chi connectivity index (χ0v) is 31.1. The molecule has 0 aliphatic rings. The Labute approximate surface area is 328 Å². The normalized spacial score (nSPS) is 11.6. The molecule has 3 nitrogen and oxygen atoms in total. The molecule has 0 atom stereocenters. The van der Waals surface area contributed by atoms with Crippen LogP contribution in [0.4, 0.5) is 0 Å². The molecule has 3 aromatic heterocycles. The van der Waals surface area contributed by atoms with Crippen molar-refractivity contribution in [2.24, 2.45) is 0 Å². The van der Waals surface area contributed by atoms with Gasteiger partial charge in [0.25, 0.3) is 0 Å². The van der Waals surface area contributed by atoms with Gasteiger partial charge >= 0.3 is 0 Å². The fraction of sp³-hybridized carbons (Fsp3) is 0. The van der Waals surface area contributed by atoms with E-state index < -0.39 is 0 Å². The second kappa shape index (κ2) is 13.3. The summed E-state index contributed by atoms with van der Waals surface area (Å²) >= 11 is 1.85. The molecule has 3 heterocycles. The van der Waals surface area contributed by atoms with Crippen LogP contribution in [0.2, 0.25) is 0 Å². The average molecular weight is 732 g/mol. The smallest absolute Gasteiger partial charge is 0.160 e. The first-order valence-electron chi connectivity index (χ1n) is 18.9. The van der Waals surface area contributed by atoms with E-state index in [9.17, 15) is 0 Å². The van der Waals surface area contributed by atoms with E-state index in [1.807, 2.05) is 35.6 Å². The highest BCUT2D eigenvalue weighted by Gasteiger charge is 2.19. The molecule has 262 valence electrons. The molecule has 0 N–H and O–H groups in total. The Hall–Kier alpha value is -7.14. The number of rotatable bonds is 6. The Morgan fingerprint density at radius 2 is 0.911 bits per heavy atom.